The Balaban J connectivity index is 1.81. The summed E-state index contributed by atoms with van der Waals surface area (Å²) in [6, 6.07) is 3.60. The fourth-order valence-corrected chi connectivity index (χ4v) is 4.25. The molecule has 1 aromatic carbocycles. The zero-order valence-corrected chi connectivity index (χ0v) is 16.0. The van der Waals surface area contributed by atoms with Gasteiger partial charge in [0.15, 0.2) is 0 Å². The molecule has 0 saturated carbocycles. The fourth-order valence-electron chi connectivity index (χ4n) is 3.11. The Bertz CT molecular complexity index is 1120. The van der Waals surface area contributed by atoms with Gasteiger partial charge in [0.1, 0.15) is 17.5 Å². The van der Waals surface area contributed by atoms with Gasteiger partial charge in [0, 0.05) is 24.0 Å². The van der Waals surface area contributed by atoms with Crippen molar-refractivity contribution < 1.29 is 13.2 Å². The molecule has 0 bridgehead atoms. The zero-order chi connectivity index (χ0) is 19.9. The summed E-state index contributed by atoms with van der Waals surface area (Å²) in [6.45, 7) is 1.76. The third kappa shape index (κ3) is 3.51. The van der Waals surface area contributed by atoms with E-state index in [2.05, 4.69) is 10.1 Å². The van der Waals surface area contributed by atoms with Gasteiger partial charge >= 0.3 is 6.18 Å². The van der Waals surface area contributed by atoms with Crippen LogP contribution in [0, 0.1) is 0 Å². The minimum atomic E-state index is -4.59. The van der Waals surface area contributed by atoms with Gasteiger partial charge in [-0.25, -0.2) is 4.98 Å². The molecule has 1 aliphatic heterocycles. The van der Waals surface area contributed by atoms with Gasteiger partial charge in [-0.05, 0) is 30.5 Å². The number of likely N-dealkylation sites (tertiary alicyclic amines) is 1. The molecule has 0 N–H and O–H groups in total. The van der Waals surface area contributed by atoms with Gasteiger partial charge in [0.2, 0.25) is 0 Å². The summed E-state index contributed by atoms with van der Waals surface area (Å²) >= 11 is 6.89. The lowest BCUT2D eigenvalue weighted by molar-refractivity contribution is -0.137. The molecule has 0 radical (unpaired) electrons. The topological polar surface area (TPSA) is 50.5 Å². The number of hydrogen-bond donors (Lipinski definition) is 0. The standard InChI is InChI=1S/C18H14ClF3N4OS/c19-14-4-3-11(7-13(14)18(20,21)22)12-8-28-16-15(12)17(27)26(9-23-16)24-10-25-5-1-2-6-25/h3-4,7-10H,1-2,5-6H2/b24-10+. The summed E-state index contributed by atoms with van der Waals surface area (Å²) in [5, 5.41) is 5.64. The lowest BCUT2D eigenvalue weighted by Crippen LogP contribution is -2.21. The van der Waals surface area contributed by atoms with Crippen LogP contribution in [0.3, 0.4) is 0 Å². The molecule has 2 aromatic heterocycles. The third-order valence-electron chi connectivity index (χ3n) is 4.54. The van der Waals surface area contributed by atoms with Crippen LogP contribution in [0.2, 0.25) is 5.02 Å². The number of alkyl halides is 3. The Morgan fingerprint density at radius 3 is 2.71 bits per heavy atom. The quantitative estimate of drug-likeness (QED) is 0.451. The van der Waals surface area contributed by atoms with Crippen LogP contribution in [0.4, 0.5) is 13.2 Å². The van der Waals surface area contributed by atoms with Crippen molar-refractivity contribution in [1.29, 1.82) is 0 Å². The number of benzene rings is 1. The normalized spacial score (nSPS) is 15.2. The number of aromatic nitrogens is 2. The zero-order valence-electron chi connectivity index (χ0n) is 14.4. The van der Waals surface area contributed by atoms with Gasteiger partial charge in [0.05, 0.1) is 16.0 Å². The molecule has 1 fully saturated rings. The number of hydrogen-bond acceptors (Lipinski definition) is 4. The van der Waals surface area contributed by atoms with Crippen molar-refractivity contribution in [2.75, 3.05) is 13.1 Å². The van der Waals surface area contributed by atoms with E-state index in [4.69, 9.17) is 11.6 Å². The van der Waals surface area contributed by atoms with Gasteiger partial charge in [-0.2, -0.15) is 22.9 Å². The van der Waals surface area contributed by atoms with E-state index < -0.39 is 17.3 Å². The van der Waals surface area contributed by atoms with E-state index in [9.17, 15) is 18.0 Å². The molecule has 0 unspecified atom stereocenters. The molecule has 10 heteroatoms. The Morgan fingerprint density at radius 1 is 1.25 bits per heavy atom. The largest absolute Gasteiger partial charge is 0.417 e. The number of halogens is 4. The summed E-state index contributed by atoms with van der Waals surface area (Å²) in [7, 11) is 0. The Hall–Kier alpha value is -2.39. The number of thiophene rings is 1. The minimum Gasteiger partial charge on any atom is -0.361 e. The average Bonchev–Trinajstić information content (AvgIpc) is 3.30. The maximum absolute atomic E-state index is 13.2. The predicted octanol–water partition coefficient (Wildman–Crippen LogP) is 4.68. The van der Waals surface area contributed by atoms with Crippen LogP contribution in [-0.2, 0) is 6.18 Å². The van der Waals surface area contributed by atoms with Crippen molar-refractivity contribution in [1.82, 2.24) is 14.6 Å². The van der Waals surface area contributed by atoms with E-state index in [1.807, 2.05) is 4.90 Å². The lowest BCUT2D eigenvalue weighted by atomic mass is 10.0. The molecule has 0 amide bonds. The van der Waals surface area contributed by atoms with E-state index in [0.717, 1.165) is 36.7 Å². The number of nitrogens with zero attached hydrogens (tertiary/aromatic N) is 4. The molecule has 4 rings (SSSR count). The molecule has 28 heavy (non-hydrogen) atoms. The Labute approximate surface area is 166 Å². The maximum Gasteiger partial charge on any atom is 0.417 e. The van der Waals surface area contributed by atoms with Gasteiger partial charge in [-0.3, -0.25) is 4.79 Å². The maximum atomic E-state index is 13.2. The molecule has 5 nitrogen and oxygen atoms in total. The van der Waals surface area contributed by atoms with E-state index in [1.165, 1.54) is 29.8 Å². The second kappa shape index (κ2) is 7.21. The van der Waals surface area contributed by atoms with Crippen LogP contribution in [0.25, 0.3) is 21.3 Å². The highest BCUT2D eigenvalue weighted by Gasteiger charge is 2.33. The second-order valence-corrected chi connectivity index (χ2v) is 7.66. The van der Waals surface area contributed by atoms with Crippen LogP contribution in [0.1, 0.15) is 18.4 Å². The molecule has 146 valence electrons. The molecule has 0 aliphatic carbocycles. The number of rotatable bonds is 3. The van der Waals surface area contributed by atoms with Crippen LogP contribution < -0.4 is 5.56 Å². The SMILES string of the molecule is O=c1c2c(-c3ccc(Cl)c(C(F)(F)F)c3)csc2ncn1/N=C/N1CCCC1. The minimum absolute atomic E-state index is 0.238. The van der Waals surface area contributed by atoms with E-state index in [-0.39, 0.29) is 16.0 Å². The van der Waals surface area contributed by atoms with Gasteiger partial charge in [-0.15, -0.1) is 11.3 Å². The van der Waals surface area contributed by atoms with Crippen molar-refractivity contribution in [3.63, 3.8) is 0 Å². The van der Waals surface area contributed by atoms with E-state index in [1.54, 1.807) is 11.7 Å². The highest BCUT2D eigenvalue weighted by molar-refractivity contribution is 7.17. The summed E-state index contributed by atoms with van der Waals surface area (Å²) in [5.41, 5.74) is -0.740. The van der Waals surface area contributed by atoms with Crippen molar-refractivity contribution in [3.05, 3.63) is 50.8 Å². The van der Waals surface area contributed by atoms with Gasteiger partial charge in [-0.1, -0.05) is 17.7 Å². The summed E-state index contributed by atoms with van der Waals surface area (Å²) < 4.78 is 40.7. The summed E-state index contributed by atoms with van der Waals surface area (Å²) in [6.07, 6.45) is 0.478. The van der Waals surface area contributed by atoms with E-state index >= 15 is 0 Å². The van der Waals surface area contributed by atoms with Crippen LogP contribution in [0.5, 0.6) is 0 Å². The smallest absolute Gasteiger partial charge is 0.361 e. The number of fused-ring (bicyclic) bond motifs is 1. The van der Waals surface area contributed by atoms with Crippen molar-refractivity contribution in [2.24, 2.45) is 5.10 Å². The highest BCUT2D eigenvalue weighted by Crippen LogP contribution is 2.39. The Kier molecular flexibility index (Phi) is 4.88. The van der Waals surface area contributed by atoms with Crippen LogP contribution in [0.15, 0.2) is 39.8 Å². The summed E-state index contributed by atoms with van der Waals surface area (Å²) in [4.78, 5) is 19.6. The highest BCUT2D eigenvalue weighted by atomic mass is 35.5. The lowest BCUT2D eigenvalue weighted by Gasteiger charge is -2.11. The molecular weight excluding hydrogens is 413 g/mol. The monoisotopic (exact) mass is 426 g/mol. The molecule has 1 saturated heterocycles. The molecule has 0 spiro atoms. The molecule has 3 heterocycles. The second-order valence-electron chi connectivity index (χ2n) is 6.39. The molecule has 0 atom stereocenters. The van der Waals surface area contributed by atoms with Crippen LogP contribution >= 0.6 is 22.9 Å². The third-order valence-corrected chi connectivity index (χ3v) is 5.76. The molecule has 1 aliphatic rings. The van der Waals surface area contributed by atoms with Gasteiger partial charge < -0.3 is 4.90 Å². The average molecular weight is 427 g/mol. The summed E-state index contributed by atoms with van der Waals surface area (Å²) in [5.74, 6) is 0. The van der Waals surface area contributed by atoms with Crippen molar-refractivity contribution >= 4 is 39.5 Å². The Morgan fingerprint density at radius 2 is 2.00 bits per heavy atom. The first-order valence-corrected chi connectivity index (χ1v) is 9.75. The fraction of sp³-hybridized carbons (Fsp3) is 0.278. The first-order valence-electron chi connectivity index (χ1n) is 8.49. The van der Waals surface area contributed by atoms with Crippen LogP contribution in [-0.4, -0.2) is 34.0 Å². The first kappa shape index (κ1) is 18.9. The molecular formula is C18H14ClF3N4OS. The van der Waals surface area contributed by atoms with Crippen molar-refractivity contribution in [2.45, 2.75) is 19.0 Å². The first-order chi connectivity index (χ1) is 13.3. The van der Waals surface area contributed by atoms with Gasteiger partial charge in [0.25, 0.3) is 5.56 Å². The predicted molar refractivity (Wildman–Crippen MR) is 104 cm³/mol. The van der Waals surface area contributed by atoms with Crippen molar-refractivity contribution in [3.8, 4) is 11.1 Å². The van der Waals surface area contributed by atoms with E-state index in [0.29, 0.717) is 10.4 Å². The molecule has 3 aromatic rings.